The lowest BCUT2D eigenvalue weighted by molar-refractivity contribution is -0.154. The number of rotatable bonds is 13. The van der Waals surface area contributed by atoms with Crippen LogP contribution in [0.25, 0.3) is 0 Å². The standard InChI is InChI=1S/C18H26O6.2C4H6O2/c1-7-8-9-22-18(21)14(6)10-15(24-17(20)13(4)5)11-23-16(19)12(2)3;2*1-3(2)4(5)6/h15H,2,4,6-11H2,1,3,5H3;2*1H2,2H3,(H,5,6). The molecule has 10 nitrogen and oxygen atoms in total. The first-order valence-corrected chi connectivity index (χ1v) is 10.8. The van der Waals surface area contributed by atoms with E-state index in [0.29, 0.717) is 6.61 Å². The molecule has 0 spiro atoms. The number of carboxylic acids is 2. The van der Waals surface area contributed by atoms with Gasteiger partial charge in [0.25, 0.3) is 0 Å². The maximum atomic E-state index is 11.8. The second kappa shape index (κ2) is 20.4. The molecular formula is C26H38O10. The Labute approximate surface area is 212 Å². The highest BCUT2D eigenvalue weighted by Gasteiger charge is 2.22. The fourth-order valence-corrected chi connectivity index (χ4v) is 1.45. The molecule has 0 aromatic rings. The van der Waals surface area contributed by atoms with Crippen LogP contribution in [0.4, 0.5) is 0 Å². The topological polar surface area (TPSA) is 154 Å². The zero-order chi connectivity index (χ0) is 29.0. The van der Waals surface area contributed by atoms with E-state index in [-0.39, 0.29) is 40.9 Å². The van der Waals surface area contributed by atoms with E-state index in [0.717, 1.165) is 12.8 Å². The smallest absolute Gasteiger partial charge is 0.333 e. The van der Waals surface area contributed by atoms with Crippen molar-refractivity contribution in [2.75, 3.05) is 13.2 Å². The van der Waals surface area contributed by atoms with E-state index in [2.05, 4.69) is 32.9 Å². The Hall–Kier alpha value is -3.95. The van der Waals surface area contributed by atoms with Crippen molar-refractivity contribution in [3.05, 3.63) is 60.8 Å². The van der Waals surface area contributed by atoms with E-state index < -0.39 is 36.0 Å². The highest BCUT2D eigenvalue weighted by Crippen LogP contribution is 2.12. The molecule has 1 atom stereocenters. The maximum Gasteiger partial charge on any atom is 0.333 e. The Morgan fingerprint density at radius 1 is 0.694 bits per heavy atom. The van der Waals surface area contributed by atoms with Crippen molar-refractivity contribution in [3.63, 3.8) is 0 Å². The summed E-state index contributed by atoms with van der Waals surface area (Å²) in [7, 11) is 0. The predicted octanol–water partition coefficient (Wildman–Crippen LogP) is 4.18. The molecule has 0 aromatic carbocycles. The lowest BCUT2D eigenvalue weighted by atomic mass is 10.1. The molecule has 0 fully saturated rings. The molecule has 0 bridgehead atoms. The SMILES string of the molecule is C=C(C)C(=O)O.C=C(C)C(=O)O.C=C(C)C(=O)OCC(CC(=C)C(=O)OCCCC)OC(=O)C(=C)C. The van der Waals surface area contributed by atoms with Crippen molar-refractivity contribution < 1.29 is 48.4 Å². The summed E-state index contributed by atoms with van der Waals surface area (Å²) in [4.78, 5) is 54.2. The molecule has 0 aliphatic rings. The number of ether oxygens (including phenoxy) is 3. The molecule has 0 saturated heterocycles. The third-order valence-electron chi connectivity index (χ3n) is 3.59. The highest BCUT2D eigenvalue weighted by molar-refractivity contribution is 5.89. The third kappa shape index (κ3) is 21.9. The van der Waals surface area contributed by atoms with Crippen LogP contribution in [0.3, 0.4) is 0 Å². The van der Waals surface area contributed by atoms with Crippen molar-refractivity contribution in [1.29, 1.82) is 0 Å². The fourth-order valence-electron chi connectivity index (χ4n) is 1.45. The second-order valence-corrected chi connectivity index (χ2v) is 7.65. The largest absolute Gasteiger partial charge is 0.478 e. The van der Waals surface area contributed by atoms with Gasteiger partial charge in [0.05, 0.1) is 6.61 Å². The van der Waals surface area contributed by atoms with Gasteiger partial charge < -0.3 is 24.4 Å². The Morgan fingerprint density at radius 3 is 1.44 bits per heavy atom. The van der Waals surface area contributed by atoms with Crippen LogP contribution >= 0.6 is 0 Å². The summed E-state index contributed by atoms with van der Waals surface area (Å²) in [5, 5.41) is 15.8. The molecule has 2 N–H and O–H groups in total. The number of hydrogen-bond acceptors (Lipinski definition) is 8. The van der Waals surface area contributed by atoms with Gasteiger partial charge in [0.1, 0.15) is 12.7 Å². The Morgan fingerprint density at radius 2 is 1.11 bits per heavy atom. The zero-order valence-electron chi connectivity index (χ0n) is 21.8. The zero-order valence-corrected chi connectivity index (χ0v) is 21.8. The monoisotopic (exact) mass is 510 g/mol. The van der Waals surface area contributed by atoms with Gasteiger partial charge in [-0.05, 0) is 34.1 Å². The van der Waals surface area contributed by atoms with E-state index in [9.17, 15) is 24.0 Å². The Kier molecular flexibility index (Phi) is 20.8. The van der Waals surface area contributed by atoms with Crippen LogP contribution in [0.1, 0.15) is 53.9 Å². The summed E-state index contributed by atoms with van der Waals surface area (Å²) in [6.07, 6.45) is 0.787. The molecule has 0 radical (unpaired) electrons. The van der Waals surface area contributed by atoms with Gasteiger partial charge in [-0.1, -0.05) is 46.2 Å². The van der Waals surface area contributed by atoms with Crippen molar-refractivity contribution in [3.8, 4) is 0 Å². The number of carboxylic acid groups (broad SMARTS) is 2. The number of aliphatic carboxylic acids is 2. The van der Waals surface area contributed by atoms with Crippen LogP contribution in [-0.2, 0) is 38.2 Å². The van der Waals surface area contributed by atoms with E-state index in [1.54, 1.807) is 0 Å². The van der Waals surface area contributed by atoms with Gasteiger partial charge in [-0.3, -0.25) is 0 Å². The number of carbonyl (C=O) groups excluding carboxylic acids is 3. The second-order valence-electron chi connectivity index (χ2n) is 7.65. The summed E-state index contributed by atoms with van der Waals surface area (Å²) >= 11 is 0. The average Bonchev–Trinajstić information content (AvgIpc) is 2.77. The maximum absolute atomic E-state index is 11.8. The first kappa shape index (κ1) is 36.6. The minimum absolute atomic E-state index is 0.00650. The molecule has 0 aliphatic heterocycles. The van der Waals surface area contributed by atoms with Crippen LogP contribution in [0, 0.1) is 0 Å². The highest BCUT2D eigenvalue weighted by atomic mass is 16.6. The van der Waals surface area contributed by atoms with Crippen molar-refractivity contribution in [1.82, 2.24) is 0 Å². The Bertz CT molecular complexity index is 816. The van der Waals surface area contributed by atoms with Gasteiger partial charge in [0.15, 0.2) is 0 Å². The molecule has 36 heavy (non-hydrogen) atoms. The average molecular weight is 511 g/mol. The number of carbonyl (C=O) groups is 5. The molecule has 0 aliphatic carbocycles. The third-order valence-corrected chi connectivity index (χ3v) is 3.59. The van der Waals surface area contributed by atoms with Crippen molar-refractivity contribution in [2.45, 2.75) is 60.0 Å². The van der Waals surface area contributed by atoms with Crippen LogP contribution in [-0.4, -0.2) is 59.4 Å². The van der Waals surface area contributed by atoms with Crippen LogP contribution < -0.4 is 0 Å². The molecule has 0 heterocycles. The van der Waals surface area contributed by atoms with Gasteiger partial charge in [0.2, 0.25) is 0 Å². The molecular weight excluding hydrogens is 472 g/mol. The summed E-state index contributed by atoms with van der Waals surface area (Å²) in [5.74, 6) is -3.68. The number of unbranched alkanes of at least 4 members (excludes halogenated alkanes) is 1. The molecule has 1 unspecified atom stereocenters. The first-order valence-electron chi connectivity index (χ1n) is 10.8. The van der Waals surface area contributed by atoms with E-state index in [1.807, 2.05) is 6.92 Å². The summed E-state index contributed by atoms with van der Waals surface area (Å²) in [5.41, 5.74) is 0.905. The minimum Gasteiger partial charge on any atom is -0.478 e. The van der Waals surface area contributed by atoms with Gasteiger partial charge >= 0.3 is 29.8 Å². The van der Waals surface area contributed by atoms with E-state index in [1.165, 1.54) is 27.7 Å². The summed E-state index contributed by atoms with van der Waals surface area (Å²) in [6.45, 7) is 24.9. The normalized spacial score (nSPS) is 9.92. The van der Waals surface area contributed by atoms with Crippen LogP contribution in [0.2, 0.25) is 0 Å². The first-order chi connectivity index (χ1) is 16.5. The van der Waals surface area contributed by atoms with Crippen molar-refractivity contribution >= 4 is 29.8 Å². The van der Waals surface area contributed by atoms with Gasteiger partial charge in [-0.25, -0.2) is 24.0 Å². The van der Waals surface area contributed by atoms with Crippen LogP contribution in [0.15, 0.2) is 60.8 Å². The van der Waals surface area contributed by atoms with Gasteiger partial charge in [0, 0.05) is 34.3 Å². The van der Waals surface area contributed by atoms with Gasteiger partial charge in [-0.15, -0.1) is 0 Å². The summed E-state index contributed by atoms with van der Waals surface area (Å²) < 4.78 is 15.2. The molecule has 202 valence electrons. The minimum atomic E-state index is -0.935. The van der Waals surface area contributed by atoms with Gasteiger partial charge in [-0.2, -0.15) is 0 Å². The summed E-state index contributed by atoms with van der Waals surface area (Å²) in [6, 6.07) is 0. The lowest BCUT2D eigenvalue weighted by Gasteiger charge is -2.18. The molecule has 0 saturated carbocycles. The van der Waals surface area contributed by atoms with Crippen molar-refractivity contribution in [2.24, 2.45) is 0 Å². The molecule has 0 amide bonds. The fraction of sp³-hybridized carbons (Fsp3) is 0.423. The number of esters is 3. The predicted molar refractivity (Wildman–Crippen MR) is 135 cm³/mol. The molecule has 0 rings (SSSR count). The van der Waals surface area contributed by atoms with E-state index in [4.69, 9.17) is 24.4 Å². The molecule has 0 aromatic heterocycles. The number of hydrogen-bond donors (Lipinski definition) is 2. The quantitative estimate of drug-likeness (QED) is 0.160. The Balaban J connectivity index is -0.000000742. The lowest BCUT2D eigenvalue weighted by Crippen LogP contribution is -2.27. The van der Waals surface area contributed by atoms with E-state index >= 15 is 0 Å². The molecule has 10 heteroatoms. The van der Waals surface area contributed by atoms with Crippen LogP contribution in [0.5, 0.6) is 0 Å².